The normalized spacial score (nSPS) is 13.7. The lowest BCUT2D eigenvalue weighted by Gasteiger charge is -2.20. The molecule has 0 saturated heterocycles. The lowest BCUT2D eigenvalue weighted by Crippen LogP contribution is -2.43. The summed E-state index contributed by atoms with van der Waals surface area (Å²) in [5, 5.41) is 19.9. The second-order valence-electron chi connectivity index (χ2n) is 7.43. The zero-order valence-electron chi connectivity index (χ0n) is 18.1. The van der Waals surface area contributed by atoms with Crippen molar-refractivity contribution in [3.63, 3.8) is 0 Å². The number of aliphatic hydroxyl groups is 1. The summed E-state index contributed by atoms with van der Waals surface area (Å²) >= 11 is 0. The Morgan fingerprint density at radius 2 is 1.74 bits per heavy atom. The van der Waals surface area contributed by atoms with Gasteiger partial charge in [0.1, 0.15) is 11.5 Å². The van der Waals surface area contributed by atoms with Crippen molar-refractivity contribution >= 4 is 33.0 Å². The molecule has 9 nitrogen and oxygen atoms in total. The minimum absolute atomic E-state index is 0.0449. The molecule has 0 aromatic heterocycles. The number of sulfonamides is 1. The lowest BCUT2D eigenvalue weighted by atomic mass is 10.1. The van der Waals surface area contributed by atoms with Crippen LogP contribution in [0.2, 0.25) is 0 Å². The third kappa shape index (κ3) is 4.71. The lowest BCUT2D eigenvalue weighted by molar-refractivity contribution is 0.0874. The fourth-order valence-corrected chi connectivity index (χ4v) is 4.55. The van der Waals surface area contributed by atoms with Crippen LogP contribution >= 0.6 is 0 Å². The van der Waals surface area contributed by atoms with E-state index in [1.165, 1.54) is 36.4 Å². The van der Waals surface area contributed by atoms with Crippen LogP contribution in [0.15, 0.2) is 89.5 Å². The molecule has 4 N–H and O–H groups in total. The average molecular weight is 479 g/mol. The van der Waals surface area contributed by atoms with Crippen molar-refractivity contribution in [2.75, 3.05) is 18.4 Å². The molecule has 0 fully saturated rings. The number of anilines is 1. The van der Waals surface area contributed by atoms with E-state index in [2.05, 4.69) is 10.1 Å². The number of aliphatic hydroxyl groups excluding tert-OH is 1. The molecular formula is C24H22N4O5S. The van der Waals surface area contributed by atoms with Gasteiger partial charge >= 0.3 is 0 Å². The zero-order valence-corrected chi connectivity index (χ0v) is 19.0. The Balaban J connectivity index is 1.48. The molecule has 0 atom stereocenters. The summed E-state index contributed by atoms with van der Waals surface area (Å²) in [4.78, 5) is 12.7. The van der Waals surface area contributed by atoms with Gasteiger partial charge in [-0.1, -0.05) is 36.4 Å². The number of amidine groups is 1. The van der Waals surface area contributed by atoms with E-state index in [4.69, 9.17) is 10.1 Å². The topological polar surface area (TPSA) is 132 Å². The summed E-state index contributed by atoms with van der Waals surface area (Å²) in [5.74, 6) is -0.142. The number of carbonyl (C=O) groups excluding carboxylic acids is 1. The summed E-state index contributed by atoms with van der Waals surface area (Å²) in [6.07, 6.45) is 0. The summed E-state index contributed by atoms with van der Waals surface area (Å²) < 4.78 is 33.2. The fourth-order valence-electron chi connectivity index (χ4n) is 3.45. The molecule has 1 aliphatic heterocycles. The molecule has 10 heteroatoms. The highest BCUT2D eigenvalue weighted by Crippen LogP contribution is 2.26. The summed E-state index contributed by atoms with van der Waals surface area (Å²) in [7, 11) is -2.44. The number of nitrogens with zero attached hydrogens (tertiary/aromatic N) is 1. The van der Waals surface area contributed by atoms with Crippen LogP contribution in [0.4, 0.5) is 5.69 Å². The Labute approximate surface area is 196 Å². The molecule has 0 aliphatic carbocycles. The molecule has 4 rings (SSSR count). The van der Waals surface area contributed by atoms with Crippen molar-refractivity contribution in [3.05, 3.63) is 95.7 Å². The summed E-state index contributed by atoms with van der Waals surface area (Å²) in [6.45, 7) is -0.0776. The van der Waals surface area contributed by atoms with Gasteiger partial charge in [0, 0.05) is 11.3 Å². The van der Waals surface area contributed by atoms with E-state index in [0.29, 0.717) is 22.6 Å². The standard InChI is InChI=1S/C24H22N4O5S/c1-33-19-12-10-18(11-13-19)27-34(31,32)20-9-5-8-17(14-20)24(30)26-28-15-21(29)22(23(28)25)16-6-3-2-4-7-16/h2-14,25,27,29H,15H2,1H3,(H,26,30). The van der Waals surface area contributed by atoms with Gasteiger partial charge in [0.2, 0.25) is 0 Å². The van der Waals surface area contributed by atoms with E-state index >= 15 is 0 Å². The van der Waals surface area contributed by atoms with Gasteiger partial charge in [0.25, 0.3) is 15.9 Å². The van der Waals surface area contributed by atoms with Crippen LogP contribution in [0.25, 0.3) is 5.57 Å². The van der Waals surface area contributed by atoms with Crippen molar-refractivity contribution in [3.8, 4) is 5.75 Å². The summed E-state index contributed by atoms with van der Waals surface area (Å²) in [6, 6.07) is 20.8. The third-order valence-electron chi connectivity index (χ3n) is 5.15. The van der Waals surface area contributed by atoms with Gasteiger partial charge in [-0.2, -0.15) is 0 Å². The number of ether oxygens (including phenoxy) is 1. The highest BCUT2D eigenvalue weighted by Gasteiger charge is 2.30. The predicted octanol–water partition coefficient (Wildman–Crippen LogP) is 3.40. The van der Waals surface area contributed by atoms with E-state index < -0.39 is 15.9 Å². The highest BCUT2D eigenvalue weighted by atomic mass is 32.2. The summed E-state index contributed by atoms with van der Waals surface area (Å²) in [5.41, 5.74) is 3.95. The smallest absolute Gasteiger partial charge is 0.269 e. The van der Waals surface area contributed by atoms with Crippen LogP contribution in [0.3, 0.4) is 0 Å². The fraction of sp³-hybridized carbons (Fsp3) is 0.0833. The van der Waals surface area contributed by atoms with E-state index in [0.717, 1.165) is 0 Å². The number of benzene rings is 3. The number of amides is 1. The molecule has 174 valence electrons. The van der Waals surface area contributed by atoms with Crippen molar-refractivity contribution in [1.82, 2.24) is 10.4 Å². The van der Waals surface area contributed by atoms with Crippen LogP contribution in [-0.2, 0) is 10.0 Å². The monoisotopic (exact) mass is 478 g/mol. The van der Waals surface area contributed by atoms with Crippen LogP contribution in [0.1, 0.15) is 15.9 Å². The Kier molecular flexibility index (Phi) is 6.24. The molecular weight excluding hydrogens is 456 g/mol. The number of hydrogen-bond donors (Lipinski definition) is 4. The number of rotatable bonds is 7. The first kappa shape index (κ1) is 22.9. The van der Waals surface area contributed by atoms with Crippen LogP contribution in [-0.4, -0.2) is 43.9 Å². The van der Waals surface area contributed by atoms with Crippen LogP contribution in [0.5, 0.6) is 5.75 Å². The largest absolute Gasteiger partial charge is 0.510 e. The molecule has 0 saturated carbocycles. The minimum atomic E-state index is -3.96. The Bertz CT molecular complexity index is 1370. The quantitative estimate of drug-likeness (QED) is 0.412. The molecule has 3 aromatic rings. The van der Waals surface area contributed by atoms with Gasteiger partial charge in [-0.15, -0.1) is 0 Å². The Hall–Kier alpha value is -4.31. The highest BCUT2D eigenvalue weighted by molar-refractivity contribution is 7.92. The van der Waals surface area contributed by atoms with Gasteiger partial charge < -0.3 is 9.84 Å². The van der Waals surface area contributed by atoms with Crippen molar-refractivity contribution in [1.29, 1.82) is 5.41 Å². The molecule has 3 aromatic carbocycles. The molecule has 0 unspecified atom stereocenters. The molecule has 1 aliphatic rings. The Morgan fingerprint density at radius 1 is 1.03 bits per heavy atom. The second-order valence-corrected chi connectivity index (χ2v) is 9.11. The first-order valence-electron chi connectivity index (χ1n) is 10.2. The molecule has 1 amide bonds. The van der Waals surface area contributed by atoms with E-state index in [-0.39, 0.29) is 28.6 Å². The number of methoxy groups -OCH3 is 1. The molecule has 0 spiro atoms. The number of carbonyl (C=O) groups is 1. The SMILES string of the molecule is COc1ccc(NS(=O)(=O)c2cccc(C(=O)NN3CC(O)=C(c4ccccc4)C3=N)c2)cc1. The van der Waals surface area contributed by atoms with E-state index in [1.807, 2.05) is 6.07 Å². The van der Waals surface area contributed by atoms with Crippen molar-refractivity contribution in [2.24, 2.45) is 0 Å². The van der Waals surface area contributed by atoms with Gasteiger partial charge in [-0.3, -0.25) is 25.4 Å². The van der Waals surface area contributed by atoms with Gasteiger partial charge in [0.05, 0.1) is 24.1 Å². The van der Waals surface area contributed by atoms with Crippen molar-refractivity contribution in [2.45, 2.75) is 4.90 Å². The van der Waals surface area contributed by atoms with Crippen LogP contribution < -0.4 is 14.9 Å². The predicted molar refractivity (Wildman–Crippen MR) is 128 cm³/mol. The number of nitrogens with one attached hydrogen (secondary N) is 3. The van der Waals surface area contributed by atoms with E-state index in [1.54, 1.807) is 48.5 Å². The van der Waals surface area contributed by atoms with E-state index in [9.17, 15) is 18.3 Å². The van der Waals surface area contributed by atoms with Gasteiger partial charge in [-0.05, 0) is 48.0 Å². The maximum absolute atomic E-state index is 12.8. The minimum Gasteiger partial charge on any atom is -0.510 e. The first-order chi connectivity index (χ1) is 16.3. The van der Waals surface area contributed by atoms with Gasteiger partial charge in [0.15, 0.2) is 5.84 Å². The van der Waals surface area contributed by atoms with Crippen LogP contribution in [0, 0.1) is 5.41 Å². The zero-order chi connectivity index (χ0) is 24.3. The molecule has 0 bridgehead atoms. The van der Waals surface area contributed by atoms with Crippen molar-refractivity contribution < 1.29 is 23.1 Å². The number of hydrazine groups is 1. The van der Waals surface area contributed by atoms with Gasteiger partial charge in [-0.25, -0.2) is 8.42 Å². The Morgan fingerprint density at radius 3 is 2.41 bits per heavy atom. The second kappa shape index (κ2) is 9.28. The maximum Gasteiger partial charge on any atom is 0.269 e. The average Bonchev–Trinajstić information content (AvgIpc) is 3.12. The maximum atomic E-state index is 12.8. The molecule has 34 heavy (non-hydrogen) atoms. The molecule has 1 heterocycles. The first-order valence-corrected chi connectivity index (χ1v) is 11.7. The third-order valence-corrected chi connectivity index (χ3v) is 6.53. The number of hydrogen-bond acceptors (Lipinski definition) is 6. The molecule has 0 radical (unpaired) electrons.